The summed E-state index contributed by atoms with van der Waals surface area (Å²) in [4.78, 5) is 0. The molecule has 0 N–H and O–H groups in total. The topological polar surface area (TPSA) is 25.8 Å². The van der Waals surface area contributed by atoms with Crippen molar-refractivity contribution in [1.82, 2.24) is 10.2 Å². The van der Waals surface area contributed by atoms with Crippen molar-refractivity contribution in [3.8, 4) is 0 Å². The molecule has 1 heterocycles. The summed E-state index contributed by atoms with van der Waals surface area (Å²) in [6.07, 6.45) is 3.56. The van der Waals surface area contributed by atoms with Crippen molar-refractivity contribution >= 4 is 21.5 Å². The van der Waals surface area contributed by atoms with E-state index in [4.69, 9.17) is 0 Å². The van der Waals surface area contributed by atoms with E-state index in [1.807, 2.05) is 12.1 Å². The maximum Gasteiger partial charge on any atom is 0.0581 e. The minimum atomic E-state index is 1.11. The summed E-state index contributed by atoms with van der Waals surface area (Å²) in [5, 5.41) is 12.3. The molecule has 2 aromatic carbocycles. The van der Waals surface area contributed by atoms with Gasteiger partial charge in [0.1, 0.15) is 0 Å². The largest absolute Gasteiger partial charge is 0.158 e. The molecule has 0 amide bonds. The first-order chi connectivity index (χ1) is 6.95. The maximum atomic E-state index is 3.89. The second kappa shape index (κ2) is 2.77. The zero-order valence-electron chi connectivity index (χ0n) is 7.44. The first-order valence-corrected chi connectivity index (χ1v) is 4.45. The Kier molecular flexibility index (Phi) is 1.47. The first kappa shape index (κ1) is 7.44. The lowest BCUT2D eigenvalue weighted by molar-refractivity contribution is 1.05. The van der Waals surface area contributed by atoms with E-state index < -0.39 is 0 Å². The van der Waals surface area contributed by atoms with Crippen LogP contribution < -0.4 is 0 Å². The third-order valence-corrected chi connectivity index (χ3v) is 2.36. The van der Waals surface area contributed by atoms with Crippen LogP contribution in [0, 0.1) is 6.07 Å². The molecule has 2 heteroatoms. The van der Waals surface area contributed by atoms with E-state index in [9.17, 15) is 0 Å². The summed E-state index contributed by atoms with van der Waals surface area (Å²) in [7, 11) is 0. The second-order valence-corrected chi connectivity index (χ2v) is 3.19. The lowest BCUT2D eigenvalue weighted by Crippen LogP contribution is -1.82. The molecule has 0 atom stereocenters. The van der Waals surface area contributed by atoms with Crippen LogP contribution in [0.2, 0.25) is 0 Å². The van der Waals surface area contributed by atoms with Gasteiger partial charge in [-0.2, -0.15) is 10.2 Å². The van der Waals surface area contributed by atoms with Crippen molar-refractivity contribution in [2.45, 2.75) is 0 Å². The quantitative estimate of drug-likeness (QED) is 0.496. The molecule has 65 valence electrons. The molecule has 1 aromatic heterocycles. The van der Waals surface area contributed by atoms with Crippen molar-refractivity contribution < 1.29 is 0 Å². The number of fused-ring (bicyclic) bond motifs is 3. The zero-order chi connectivity index (χ0) is 9.38. The Balaban J connectivity index is 2.61. The van der Waals surface area contributed by atoms with Crippen LogP contribution in [0.25, 0.3) is 21.5 Å². The van der Waals surface area contributed by atoms with Crippen LogP contribution in [0.4, 0.5) is 0 Å². The van der Waals surface area contributed by atoms with Gasteiger partial charge in [-0.05, 0) is 16.8 Å². The summed E-state index contributed by atoms with van der Waals surface area (Å²) in [5.74, 6) is 0. The minimum absolute atomic E-state index is 1.11. The van der Waals surface area contributed by atoms with Crippen LogP contribution in [-0.4, -0.2) is 10.2 Å². The number of aromatic nitrogens is 2. The van der Waals surface area contributed by atoms with E-state index in [2.05, 4.69) is 34.5 Å². The molecule has 0 saturated carbocycles. The highest BCUT2D eigenvalue weighted by atomic mass is 15.1. The van der Waals surface area contributed by atoms with Crippen LogP contribution in [-0.2, 0) is 0 Å². The molecule has 1 radical (unpaired) electrons. The van der Waals surface area contributed by atoms with Gasteiger partial charge in [-0.15, -0.1) is 0 Å². The van der Waals surface area contributed by atoms with Gasteiger partial charge in [-0.1, -0.05) is 30.3 Å². The fraction of sp³-hybridized carbons (Fsp3) is 0. The van der Waals surface area contributed by atoms with Gasteiger partial charge in [0.2, 0.25) is 0 Å². The molecule has 0 aliphatic rings. The first-order valence-electron chi connectivity index (χ1n) is 4.45. The summed E-state index contributed by atoms with van der Waals surface area (Å²) in [6.45, 7) is 0. The van der Waals surface area contributed by atoms with E-state index in [1.165, 1.54) is 5.39 Å². The van der Waals surface area contributed by atoms with Crippen molar-refractivity contribution in [3.05, 3.63) is 48.8 Å². The standard InChI is InChI=1S/C12H7N2/c1-2-4-11-9(3-1)5-6-10-7-13-14-8-12(10)11/h1-3,5-8H. The average Bonchev–Trinajstić information content (AvgIpc) is 2.29. The van der Waals surface area contributed by atoms with Gasteiger partial charge in [-0.3, -0.25) is 0 Å². The molecule has 2 nitrogen and oxygen atoms in total. The molecule has 0 saturated heterocycles. The van der Waals surface area contributed by atoms with E-state index >= 15 is 0 Å². The number of nitrogens with zero attached hydrogens (tertiary/aromatic N) is 2. The predicted molar refractivity (Wildman–Crippen MR) is 55.9 cm³/mol. The highest BCUT2D eigenvalue weighted by Gasteiger charge is 1.98. The Morgan fingerprint density at radius 3 is 2.79 bits per heavy atom. The fourth-order valence-corrected chi connectivity index (χ4v) is 1.67. The minimum Gasteiger partial charge on any atom is -0.158 e. The molecular formula is C12H7N2. The van der Waals surface area contributed by atoms with Gasteiger partial charge >= 0.3 is 0 Å². The highest BCUT2D eigenvalue weighted by Crippen LogP contribution is 2.22. The third kappa shape index (κ3) is 0.973. The molecule has 0 bridgehead atoms. The van der Waals surface area contributed by atoms with Crippen molar-refractivity contribution in [2.75, 3.05) is 0 Å². The van der Waals surface area contributed by atoms with Crippen LogP contribution in [0.15, 0.2) is 42.7 Å². The van der Waals surface area contributed by atoms with E-state index in [-0.39, 0.29) is 0 Å². The highest BCUT2D eigenvalue weighted by molar-refractivity contribution is 6.06. The lowest BCUT2D eigenvalue weighted by atomic mass is 10.1. The predicted octanol–water partition coefficient (Wildman–Crippen LogP) is 2.58. The molecule has 0 aliphatic heterocycles. The van der Waals surface area contributed by atoms with Crippen LogP contribution in [0.3, 0.4) is 0 Å². The van der Waals surface area contributed by atoms with Gasteiger partial charge in [0.05, 0.1) is 12.4 Å². The molecule has 14 heavy (non-hydrogen) atoms. The lowest BCUT2D eigenvalue weighted by Gasteiger charge is -2.00. The number of rotatable bonds is 0. The number of hydrogen-bond donors (Lipinski definition) is 0. The van der Waals surface area contributed by atoms with Crippen molar-refractivity contribution in [2.24, 2.45) is 0 Å². The monoisotopic (exact) mass is 179 g/mol. The third-order valence-electron chi connectivity index (χ3n) is 2.36. The van der Waals surface area contributed by atoms with Gasteiger partial charge in [0.15, 0.2) is 0 Å². The van der Waals surface area contributed by atoms with Gasteiger partial charge < -0.3 is 0 Å². The van der Waals surface area contributed by atoms with Gasteiger partial charge in [0.25, 0.3) is 0 Å². The fourth-order valence-electron chi connectivity index (χ4n) is 1.67. The van der Waals surface area contributed by atoms with Crippen LogP contribution >= 0.6 is 0 Å². The molecule has 0 aliphatic carbocycles. The van der Waals surface area contributed by atoms with E-state index in [0.29, 0.717) is 0 Å². The molecular weight excluding hydrogens is 172 g/mol. The molecule has 3 rings (SSSR count). The number of benzene rings is 2. The van der Waals surface area contributed by atoms with Crippen molar-refractivity contribution in [1.29, 1.82) is 0 Å². The van der Waals surface area contributed by atoms with E-state index in [0.717, 1.165) is 16.2 Å². The zero-order valence-corrected chi connectivity index (χ0v) is 7.44. The second-order valence-electron chi connectivity index (χ2n) is 3.19. The Bertz CT molecular complexity index is 547. The van der Waals surface area contributed by atoms with Crippen LogP contribution in [0.1, 0.15) is 0 Å². The normalized spacial score (nSPS) is 10.9. The average molecular weight is 179 g/mol. The van der Waals surface area contributed by atoms with Gasteiger partial charge in [-0.25, -0.2) is 0 Å². The van der Waals surface area contributed by atoms with Gasteiger partial charge in [0, 0.05) is 10.8 Å². The Hall–Kier alpha value is -1.96. The number of hydrogen-bond acceptors (Lipinski definition) is 2. The summed E-state index contributed by atoms with van der Waals surface area (Å²) in [5.41, 5.74) is 0. The molecule has 0 fully saturated rings. The summed E-state index contributed by atoms with van der Waals surface area (Å²) < 4.78 is 0. The Morgan fingerprint density at radius 2 is 1.79 bits per heavy atom. The Labute approximate surface area is 81.2 Å². The summed E-state index contributed by atoms with van der Waals surface area (Å²) in [6, 6.07) is 13.3. The van der Waals surface area contributed by atoms with E-state index in [1.54, 1.807) is 12.4 Å². The van der Waals surface area contributed by atoms with Crippen LogP contribution in [0.5, 0.6) is 0 Å². The Morgan fingerprint density at radius 1 is 0.929 bits per heavy atom. The van der Waals surface area contributed by atoms with Crippen molar-refractivity contribution in [3.63, 3.8) is 0 Å². The molecule has 0 spiro atoms. The maximum absolute atomic E-state index is 3.89. The SMILES string of the molecule is [c]1cccc2ccc3cnncc3c12. The smallest absolute Gasteiger partial charge is 0.0581 e. The molecule has 0 unspecified atom stereocenters. The summed E-state index contributed by atoms with van der Waals surface area (Å²) >= 11 is 0. The molecule has 3 aromatic rings.